The minimum absolute atomic E-state index is 0.0721. The number of ether oxygens (including phenoxy) is 1. The lowest BCUT2D eigenvalue weighted by atomic mass is 10.1. The second kappa shape index (κ2) is 10.4. The summed E-state index contributed by atoms with van der Waals surface area (Å²) in [5.74, 6) is -1.70. The topological polar surface area (TPSA) is 99.0 Å². The van der Waals surface area contributed by atoms with Crippen molar-refractivity contribution in [2.24, 2.45) is 0 Å². The van der Waals surface area contributed by atoms with Gasteiger partial charge in [0.15, 0.2) is 11.6 Å². The number of nitrogens with one attached hydrogen (secondary N) is 1. The zero-order valence-corrected chi connectivity index (χ0v) is 16.8. The van der Waals surface area contributed by atoms with Crippen molar-refractivity contribution in [2.45, 2.75) is 39.0 Å². The zero-order chi connectivity index (χ0) is 22.2. The molecule has 10 heteroatoms. The van der Waals surface area contributed by atoms with E-state index in [2.05, 4.69) is 20.8 Å². The summed E-state index contributed by atoms with van der Waals surface area (Å²) in [5, 5.41) is 13.5. The van der Waals surface area contributed by atoms with E-state index in [4.69, 9.17) is 4.74 Å². The van der Waals surface area contributed by atoms with Crippen molar-refractivity contribution in [3.8, 4) is 0 Å². The Kier molecular flexibility index (Phi) is 7.36. The van der Waals surface area contributed by atoms with Crippen LogP contribution in [0.2, 0.25) is 0 Å². The Morgan fingerprint density at radius 2 is 1.81 bits per heavy atom. The first kappa shape index (κ1) is 22.0. The van der Waals surface area contributed by atoms with E-state index in [0.717, 1.165) is 22.4 Å². The molecule has 0 aliphatic heterocycles. The predicted molar refractivity (Wildman–Crippen MR) is 106 cm³/mol. The summed E-state index contributed by atoms with van der Waals surface area (Å²) in [6, 6.07) is 11.8. The highest BCUT2D eigenvalue weighted by atomic mass is 19.1. The molecule has 0 spiro atoms. The van der Waals surface area contributed by atoms with Crippen LogP contribution in [0.5, 0.6) is 0 Å². The fourth-order valence-electron chi connectivity index (χ4n) is 2.91. The molecule has 3 rings (SSSR count). The fourth-order valence-corrected chi connectivity index (χ4v) is 2.91. The Labute approximate surface area is 177 Å². The van der Waals surface area contributed by atoms with Crippen LogP contribution >= 0.6 is 0 Å². The van der Waals surface area contributed by atoms with Gasteiger partial charge in [-0.05, 0) is 34.5 Å². The zero-order valence-electron chi connectivity index (χ0n) is 16.8. The number of alkyl carbamates (subject to hydrolysis) is 1. The van der Waals surface area contributed by atoms with E-state index in [0.29, 0.717) is 6.42 Å². The summed E-state index contributed by atoms with van der Waals surface area (Å²) in [4.78, 5) is 24.7. The maximum absolute atomic E-state index is 13.9. The van der Waals surface area contributed by atoms with Gasteiger partial charge in [0.1, 0.15) is 24.8 Å². The van der Waals surface area contributed by atoms with Crippen LogP contribution in [0.25, 0.3) is 0 Å². The smallest absolute Gasteiger partial charge is 0.408 e. The number of carbonyl (C=O) groups excluding carboxylic acids is 2. The summed E-state index contributed by atoms with van der Waals surface area (Å²) in [7, 11) is 0. The Morgan fingerprint density at radius 3 is 2.48 bits per heavy atom. The number of rotatable bonds is 9. The van der Waals surface area contributed by atoms with E-state index in [1.807, 2.05) is 30.3 Å². The van der Waals surface area contributed by atoms with Crippen LogP contribution in [0.3, 0.4) is 0 Å². The summed E-state index contributed by atoms with van der Waals surface area (Å²) < 4.78 is 34.1. The Balaban J connectivity index is 1.60. The molecular weight excluding hydrogens is 408 g/mol. The van der Waals surface area contributed by atoms with E-state index < -0.39 is 23.8 Å². The summed E-state index contributed by atoms with van der Waals surface area (Å²) >= 11 is 0. The van der Waals surface area contributed by atoms with Crippen molar-refractivity contribution in [3.05, 3.63) is 77.1 Å². The molecule has 0 fully saturated rings. The maximum Gasteiger partial charge on any atom is 0.408 e. The molecule has 2 aromatic carbocycles. The fraction of sp³-hybridized carbons (Fsp3) is 0.286. The number of halogens is 2. The first-order valence-electron chi connectivity index (χ1n) is 9.65. The third-order valence-electron chi connectivity index (χ3n) is 4.61. The van der Waals surface area contributed by atoms with E-state index in [1.165, 1.54) is 6.07 Å². The number of benzene rings is 2. The number of Topliss-reactive ketones (excluding diaryl/α,β-unsaturated/α-hetero) is 1. The second-order valence-corrected chi connectivity index (χ2v) is 6.76. The average molecular weight is 429 g/mol. The summed E-state index contributed by atoms with van der Waals surface area (Å²) in [6.45, 7) is 1.54. The van der Waals surface area contributed by atoms with Gasteiger partial charge in [-0.3, -0.25) is 4.79 Å². The third-order valence-corrected chi connectivity index (χ3v) is 4.61. The molecule has 1 heterocycles. The van der Waals surface area contributed by atoms with Gasteiger partial charge in [0.2, 0.25) is 0 Å². The highest BCUT2D eigenvalue weighted by Crippen LogP contribution is 2.15. The molecule has 31 heavy (non-hydrogen) atoms. The molecule has 0 radical (unpaired) electrons. The van der Waals surface area contributed by atoms with E-state index in [9.17, 15) is 18.4 Å². The molecule has 1 N–H and O–H groups in total. The molecule has 0 saturated heterocycles. The monoisotopic (exact) mass is 429 g/mol. The van der Waals surface area contributed by atoms with Crippen molar-refractivity contribution in [2.75, 3.05) is 0 Å². The van der Waals surface area contributed by atoms with E-state index in [-0.39, 0.29) is 36.7 Å². The number of aromatic nitrogens is 4. The van der Waals surface area contributed by atoms with Crippen LogP contribution in [0, 0.1) is 11.6 Å². The van der Waals surface area contributed by atoms with Crippen LogP contribution in [0.1, 0.15) is 30.3 Å². The van der Waals surface area contributed by atoms with Crippen LogP contribution in [-0.2, 0) is 29.1 Å². The van der Waals surface area contributed by atoms with Gasteiger partial charge in [0, 0.05) is 12.0 Å². The normalized spacial score (nSPS) is 11.7. The Morgan fingerprint density at radius 1 is 1.10 bits per heavy atom. The lowest BCUT2D eigenvalue weighted by Crippen LogP contribution is -2.42. The molecule has 3 aromatic rings. The quantitative estimate of drug-likeness (QED) is 0.562. The molecule has 1 aromatic heterocycles. The van der Waals surface area contributed by atoms with Gasteiger partial charge >= 0.3 is 6.09 Å². The van der Waals surface area contributed by atoms with Crippen LogP contribution in [0.15, 0.2) is 48.5 Å². The molecule has 1 unspecified atom stereocenters. The Hall–Kier alpha value is -3.69. The van der Waals surface area contributed by atoms with Gasteiger partial charge in [0.25, 0.3) is 0 Å². The number of nitrogens with zero attached hydrogens (tertiary/aromatic N) is 4. The molecule has 1 atom stereocenters. The number of carbonyl (C=O) groups is 2. The van der Waals surface area contributed by atoms with Crippen LogP contribution in [-0.4, -0.2) is 38.1 Å². The van der Waals surface area contributed by atoms with Gasteiger partial charge in [-0.25, -0.2) is 18.3 Å². The van der Waals surface area contributed by atoms with Crippen LogP contribution < -0.4 is 5.32 Å². The van der Waals surface area contributed by atoms with Crippen molar-refractivity contribution >= 4 is 11.9 Å². The van der Waals surface area contributed by atoms with Crippen molar-refractivity contribution in [3.63, 3.8) is 0 Å². The van der Waals surface area contributed by atoms with Crippen LogP contribution in [0.4, 0.5) is 13.6 Å². The molecule has 162 valence electrons. The Bertz CT molecular complexity index is 1020. The molecule has 0 aliphatic rings. The highest BCUT2D eigenvalue weighted by molar-refractivity contribution is 5.87. The van der Waals surface area contributed by atoms with Gasteiger partial charge in [-0.2, -0.15) is 0 Å². The summed E-state index contributed by atoms with van der Waals surface area (Å²) in [6.07, 6.45) is -0.629. The van der Waals surface area contributed by atoms with E-state index in [1.54, 1.807) is 6.92 Å². The van der Waals surface area contributed by atoms with Gasteiger partial charge in [-0.1, -0.05) is 43.3 Å². The number of hydrogen-bond donors (Lipinski definition) is 1. The molecular formula is C21H21F2N5O3. The average Bonchev–Trinajstić information content (AvgIpc) is 3.20. The van der Waals surface area contributed by atoms with Crippen molar-refractivity contribution in [1.82, 2.24) is 25.5 Å². The highest BCUT2D eigenvalue weighted by Gasteiger charge is 2.22. The van der Waals surface area contributed by atoms with Crippen molar-refractivity contribution < 1.29 is 23.1 Å². The largest absolute Gasteiger partial charge is 0.445 e. The van der Waals surface area contributed by atoms with E-state index >= 15 is 0 Å². The van der Waals surface area contributed by atoms with Gasteiger partial charge in [-0.15, -0.1) is 5.10 Å². The SMILES string of the molecule is CCC(NC(=O)OCc1ccccc1)C(=O)Cn1nnnc1Cc1c(F)cccc1F. The minimum atomic E-state index is -0.828. The van der Waals surface area contributed by atoms with Crippen molar-refractivity contribution in [1.29, 1.82) is 0 Å². The number of tetrazole rings is 1. The third kappa shape index (κ3) is 5.91. The first-order valence-corrected chi connectivity index (χ1v) is 9.65. The molecule has 0 saturated carbocycles. The lowest BCUT2D eigenvalue weighted by molar-refractivity contribution is -0.121. The number of ketones is 1. The minimum Gasteiger partial charge on any atom is -0.445 e. The van der Waals surface area contributed by atoms with Gasteiger partial charge in [0.05, 0.1) is 6.04 Å². The lowest BCUT2D eigenvalue weighted by Gasteiger charge is -2.16. The summed E-state index contributed by atoms with van der Waals surface area (Å²) in [5.41, 5.74) is 0.622. The second-order valence-electron chi connectivity index (χ2n) is 6.76. The maximum atomic E-state index is 13.9. The molecule has 0 aliphatic carbocycles. The molecule has 1 amide bonds. The molecule has 8 nitrogen and oxygen atoms in total. The molecule has 0 bridgehead atoms. The number of hydrogen-bond acceptors (Lipinski definition) is 6. The standard InChI is InChI=1S/C21H21F2N5O3/c1-2-18(24-21(30)31-13-14-7-4-3-5-8-14)19(29)12-28-20(25-26-27-28)11-15-16(22)9-6-10-17(15)23/h3-10,18H,2,11-13H2,1H3,(H,24,30). The first-order chi connectivity index (χ1) is 15.0. The predicted octanol–water partition coefficient (Wildman–Crippen LogP) is 2.82. The van der Waals surface area contributed by atoms with Gasteiger partial charge < -0.3 is 10.1 Å². The number of amides is 1.